The second-order valence-corrected chi connectivity index (χ2v) is 7.82. The number of aliphatic hydroxyl groups is 1. The van der Waals surface area contributed by atoms with Crippen LogP contribution in [0.5, 0.6) is 23.0 Å². The van der Waals surface area contributed by atoms with Gasteiger partial charge in [-0.05, 0) is 49.5 Å². The Hall–Kier alpha value is -3.40. The van der Waals surface area contributed by atoms with Crippen molar-refractivity contribution < 1.29 is 39.4 Å². The number of benzene rings is 2. The van der Waals surface area contributed by atoms with Crippen molar-refractivity contribution in [2.75, 3.05) is 13.1 Å². The number of carboxylic acids is 1. The molecule has 0 radical (unpaired) electrons. The lowest BCUT2D eigenvalue weighted by Gasteiger charge is -2.39. The molecule has 1 amide bonds. The number of carboxylic acid groups (broad SMARTS) is 1. The monoisotopic (exact) mass is 427 g/mol. The van der Waals surface area contributed by atoms with Crippen molar-refractivity contribution in [2.24, 2.45) is 0 Å². The summed E-state index contributed by atoms with van der Waals surface area (Å²) in [6.07, 6.45) is 0.787. The lowest BCUT2D eigenvalue weighted by molar-refractivity contribution is 0.0169. The van der Waals surface area contributed by atoms with Crippen molar-refractivity contribution in [2.45, 2.75) is 31.8 Å². The highest BCUT2D eigenvalue weighted by Gasteiger charge is 2.37. The zero-order valence-electron chi connectivity index (χ0n) is 16.8. The van der Waals surface area contributed by atoms with Gasteiger partial charge in [-0.3, -0.25) is 4.79 Å². The van der Waals surface area contributed by atoms with E-state index in [0.717, 1.165) is 5.56 Å². The number of fused-ring (bicyclic) bond motifs is 1. The number of phenols is 2. The third kappa shape index (κ3) is 3.98. The van der Waals surface area contributed by atoms with Gasteiger partial charge in [0.2, 0.25) is 0 Å². The van der Waals surface area contributed by atoms with Crippen LogP contribution < -0.4 is 9.39 Å². The van der Waals surface area contributed by atoms with Gasteiger partial charge >= 0.3 is 12.9 Å². The Bertz CT molecular complexity index is 1030. The summed E-state index contributed by atoms with van der Waals surface area (Å²) in [5.41, 5.74) is 0.890. The van der Waals surface area contributed by atoms with E-state index >= 15 is 0 Å². The van der Waals surface area contributed by atoms with Gasteiger partial charge in [-0.15, -0.1) is 0 Å². The molecule has 1 atom stereocenters. The van der Waals surface area contributed by atoms with Crippen molar-refractivity contribution in [1.29, 1.82) is 0 Å². The first kappa shape index (κ1) is 20.9. The molecule has 1 fully saturated rings. The SMILES string of the molecule is CC(O)B1CCc2ccc(OC3CN(C(=O)c4ccc(O)c(O)c4)C3)c(C(=O)O)c2O1. The maximum atomic E-state index is 12.5. The first-order valence-electron chi connectivity index (χ1n) is 9.96. The summed E-state index contributed by atoms with van der Waals surface area (Å²) < 4.78 is 11.6. The van der Waals surface area contributed by atoms with Crippen molar-refractivity contribution in [1.82, 2.24) is 4.90 Å². The van der Waals surface area contributed by atoms with Gasteiger partial charge in [0.15, 0.2) is 11.5 Å². The van der Waals surface area contributed by atoms with Crippen LogP contribution in [0.4, 0.5) is 0 Å². The predicted molar refractivity (Wildman–Crippen MR) is 110 cm³/mol. The Morgan fingerprint density at radius 3 is 2.58 bits per heavy atom. The number of aliphatic hydroxyl groups excluding tert-OH is 1. The molecule has 0 saturated carbocycles. The summed E-state index contributed by atoms with van der Waals surface area (Å²) in [5.74, 6) is -1.84. The predicted octanol–water partition coefficient (Wildman–Crippen LogP) is 1.55. The van der Waals surface area contributed by atoms with E-state index in [2.05, 4.69) is 0 Å². The average Bonchev–Trinajstić information content (AvgIpc) is 2.70. The molecule has 9 nitrogen and oxygen atoms in total. The molecule has 2 aromatic carbocycles. The number of nitrogens with zero attached hydrogens (tertiary/aromatic N) is 1. The van der Waals surface area contributed by atoms with E-state index in [-0.39, 0.29) is 53.1 Å². The van der Waals surface area contributed by atoms with Crippen LogP contribution >= 0.6 is 0 Å². The second-order valence-electron chi connectivity index (χ2n) is 7.82. The fraction of sp³-hybridized carbons (Fsp3) is 0.333. The molecule has 2 aliphatic heterocycles. The van der Waals surface area contributed by atoms with E-state index in [4.69, 9.17) is 9.39 Å². The van der Waals surface area contributed by atoms with Gasteiger partial charge < -0.3 is 34.7 Å². The summed E-state index contributed by atoms with van der Waals surface area (Å²) in [6.45, 7) is 1.60. The molecule has 0 spiro atoms. The van der Waals surface area contributed by atoms with Gasteiger partial charge in [0.25, 0.3) is 5.91 Å². The van der Waals surface area contributed by atoms with E-state index < -0.39 is 25.0 Å². The molecule has 1 unspecified atom stereocenters. The van der Waals surface area contributed by atoms with Crippen molar-refractivity contribution in [3.63, 3.8) is 0 Å². The van der Waals surface area contributed by atoms with E-state index in [9.17, 15) is 30.0 Å². The first-order valence-corrected chi connectivity index (χ1v) is 9.96. The number of aryl methyl sites for hydroxylation is 1. The summed E-state index contributed by atoms with van der Waals surface area (Å²) in [5, 5.41) is 38.5. The zero-order chi connectivity index (χ0) is 22.3. The van der Waals surface area contributed by atoms with Crippen LogP contribution in [0.25, 0.3) is 0 Å². The van der Waals surface area contributed by atoms with Crippen LogP contribution in [0, 0.1) is 0 Å². The van der Waals surface area contributed by atoms with Gasteiger partial charge in [0.05, 0.1) is 19.1 Å². The number of ether oxygens (including phenoxy) is 1. The molecule has 4 N–H and O–H groups in total. The number of amides is 1. The minimum Gasteiger partial charge on any atom is -0.557 e. The highest BCUT2D eigenvalue weighted by molar-refractivity contribution is 6.54. The first-order chi connectivity index (χ1) is 14.7. The van der Waals surface area contributed by atoms with E-state index in [1.54, 1.807) is 19.1 Å². The Kier molecular flexibility index (Phi) is 5.40. The Morgan fingerprint density at radius 2 is 1.94 bits per heavy atom. The summed E-state index contributed by atoms with van der Waals surface area (Å²) in [6, 6.07) is 6.46. The zero-order valence-corrected chi connectivity index (χ0v) is 16.8. The van der Waals surface area contributed by atoms with Gasteiger partial charge in [0.1, 0.15) is 23.2 Å². The van der Waals surface area contributed by atoms with Gasteiger partial charge in [-0.2, -0.15) is 0 Å². The molecule has 2 aliphatic rings. The molecule has 162 valence electrons. The fourth-order valence-corrected chi connectivity index (χ4v) is 3.78. The molecule has 0 bridgehead atoms. The molecule has 4 rings (SSSR count). The molecule has 10 heteroatoms. The van der Waals surface area contributed by atoms with Gasteiger partial charge in [0, 0.05) is 5.56 Å². The van der Waals surface area contributed by atoms with Crippen LogP contribution in [0.3, 0.4) is 0 Å². The fourth-order valence-electron chi connectivity index (χ4n) is 3.78. The third-order valence-electron chi connectivity index (χ3n) is 5.57. The molecule has 2 aromatic rings. The Balaban J connectivity index is 1.47. The standard InChI is InChI=1S/C21H22BNO8/c1-11(24)22-7-6-12-3-5-17(18(21(28)29)19(12)31-22)30-14-9-23(10-14)20(27)13-2-4-15(25)16(26)8-13/h2-5,8,11,14,24-26H,6-7,9-10H2,1H3,(H,28,29). The van der Waals surface area contributed by atoms with Crippen LogP contribution in [0.15, 0.2) is 30.3 Å². The molecule has 31 heavy (non-hydrogen) atoms. The van der Waals surface area contributed by atoms with Crippen molar-refractivity contribution in [3.8, 4) is 23.0 Å². The number of phenolic OH excluding ortho intramolecular Hbond substituents is 2. The highest BCUT2D eigenvalue weighted by Crippen LogP contribution is 2.38. The van der Waals surface area contributed by atoms with E-state index in [1.165, 1.54) is 23.1 Å². The number of hydrogen-bond donors (Lipinski definition) is 4. The van der Waals surface area contributed by atoms with Crippen molar-refractivity contribution in [3.05, 3.63) is 47.0 Å². The number of carbonyl (C=O) groups excluding carboxylic acids is 1. The molecule has 0 aliphatic carbocycles. The van der Waals surface area contributed by atoms with Crippen LogP contribution in [0.1, 0.15) is 33.2 Å². The normalized spacial score (nSPS) is 16.7. The number of likely N-dealkylation sites (tertiary alicyclic amines) is 1. The number of aromatic hydroxyl groups is 2. The molecule has 0 aromatic heterocycles. The molecule has 2 heterocycles. The molecular weight excluding hydrogens is 405 g/mol. The summed E-state index contributed by atoms with van der Waals surface area (Å²) >= 11 is 0. The number of carbonyl (C=O) groups is 2. The van der Waals surface area contributed by atoms with Crippen LogP contribution in [-0.2, 0) is 6.42 Å². The van der Waals surface area contributed by atoms with E-state index in [0.29, 0.717) is 12.7 Å². The number of hydrogen-bond acceptors (Lipinski definition) is 7. The smallest absolute Gasteiger partial charge is 0.386 e. The van der Waals surface area contributed by atoms with Crippen molar-refractivity contribution >= 4 is 18.8 Å². The third-order valence-corrected chi connectivity index (χ3v) is 5.57. The Morgan fingerprint density at radius 1 is 1.19 bits per heavy atom. The van der Waals surface area contributed by atoms with Crippen LogP contribution in [0.2, 0.25) is 6.32 Å². The maximum Gasteiger partial charge on any atom is 0.386 e. The molecular formula is C21H22BNO8. The topological polar surface area (TPSA) is 137 Å². The summed E-state index contributed by atoms with van der Waals surface area (Å²) in [4.78, 5) is 25.9. The minimum atomic E-state index is -1.19. The highest BCUT2D eigenvalue weighted by atomic mass is 16.5. The summed E-state index contributed by atoms with van der Waals surface area (Å²) in [7, 11) is 0. The lowest BCUT2D eigenvalue weighted by Crippen LogP contribution is -2.56. The van der Waals surface area contributed by atoms with E-state index in [1.807, 2.05) is 0 Å². The minimum absolute atomic E-state index is 0.0870. The maximum absolute atomic E-state index is 12.5. The average molecular weight is 427 g/mol. The lowest BCUT2D eigenvalue weighted by atomic mass is 9.57. The second kappa shape index (κ2) is 8.03. The van der Waals surface area contributed by atoms with Gasteiger partial charge in [-0.25, -0.2) is 4.79 Å². The van der Waals surface area contributed by atoms with Crippen LogP contribution in [-0.4, -0.2) is 69.3 Å². The Labute approximate surface area is 178 Å². The largest absolute Gasteiger partial charge is 0.557 e. The quantitative estimate of drug-likeness (QED) is 0.417. The number of rotatable bonds is 5. The number of aromatic carboxylic acids is 1. The van der Waals surface area contributed by atoms with Gasteiger partial charge in [-0.1, -0.05) is 6.07 Å². The molecule has 1 saturated heterocycles.